The van der Waals surface area contributed by atoms with E-state index in [0.717, 1.165) is 19.3 Å². The van der Waals surface area contributed by atoms with Crippen molar-refractivity contribution in [2.24, 2.45) is 11.1 Å². The Labute approximate surface area is 98.6 Å². The fourth-order valence-electron chi connectivity index (χ4n) is 2.07. The topological polar surface area (TPSA) is 101 Å². The summed E-state index contributed by atoms with van der Waals surface area (Å²) in [6.07, 6.45) is 3.58. The van der Waals surface area contributed by atoms with Gasteiger partial charge in [-0.1, -0.05) is 6.42 Å². The maximum atomic E-state index is 11.8. The zero-order chi connectivity index (χ0) is 12.3. The zero-order valence-corrected chi connectivity index (χ0v) is 9.53. The molecule has 1 heterocycles. The van der Waals surface area contributed by atoms with Gasteiger partial charge in [0.1, 0.15) is 0 Å². The van der Waals surface area contributed by atoms with Crippen LogP contribution in [0.3, 0.4) is 0 Å². The van der Waals surface area contributed by atoms with Gasteiger partial charge in [-0.25, -0.2) is 5.10 Å². The average Bonchev–Trinajstić information content (AvgIpc) is 2.27. The molecule has 17 heavy (non-hydrogen) atoms. The first kappa shape index (κ1) is 11.8. The number of aromatic nitrogens is 2. The Balaban J connectivity index is 1.93. The minimum Gasteiger partial charge on any atom is -0.330 e. The van der Waals surface area contributed by atoms with Crippen molar-refractivity contribution >= 4 is 11.7 Å². The molecule has 0 aromatic carbocycles. The lowest BCUT2D eigenvalue weighted by atomic mass is 9.66. The number of hydrogen-bond acceptors (Lipinski definition) is 4. The van der Waals surface area contributed by atoms with Crippen LogP contribution in [0.25, 0.3) is 0 Å². The van der Waals surface area contributed by atoms with Gasteiger partial charge in [0.05, 0.1) is 0 Å². The van der Waals surface area contributed by atoms with Crippen LogP contribution in [0.15, 0.2) is 16.9 Å². The minimum atomic E-state index is -0.291. The number of carbonyl (C=O) groups is 1. The molecular weight excluding hydrogens is 220 g/mol. The Bertz CT molecular complexity index is 439. The van der Waals surface area contributed by atoms with E-state index in [2.05, 4.69) is 15.5 Å². The van der Waals surface area contributed by atoms with Crippen molar-refractivity contribution in [3.05, 3.63) is 22.5 Å². The minimum absolute atomic E-state index is 0.0216. The van der Waals surface area contributed by atoms with Gasteiger partial charge in [0.25, 0.3) is 5.56 Å². The fraction of sp³-hybridized carbons (Fsp3) is 0.545. The molecule has 6 heteroatoms. The second-order valence-electron chi connectivity index (χ2n) is 4.59. The van der Waals surface area contributed by atoms with Crippen LogP contribution < -0.4 is 16.6 Å². The molecule has 1 saturated carbocycles. The molecule has 4 N–H and O–H groups in total. The number of nitrogens with one attached hydrogen (secondary N) is 2. The molecule has 6 nitrogen and oxygen atoms in total. The lowest BCUT2D eigenvalue weighted by molar-refractivity contribution is -0.119. The third kappa shape index (κ3) is 2.71. The average molecular weight is 236 g/mol. The number of nitrogens with two attached hydrogens (primary N) is 1. The molecule has 1 aromatic rings. The SMILES string of the molecule is NCC1(CC(=O)Nc2ccc(=O)[nH]n2)CCC1. The third-order valence-corrected chi connectivity index (χ3v) is 3.33. The van der Waals surface area contributed by atoms with Crippen molar-refractivity contribution in [2.45, 2.75) is 25.7 Å². The van der Waals surface area contributed by atoms with Crippen LogP contribution in [0, 0.1) is 5.41 Å². The van der Waals surface area contributed by atoms with Gasteiger partial charge in [0, 0.05) is 12.5 Å². The van der Waals surface area contributed by atoms with Gasteiger partial charge < -0.3 is 11.1 Å². The molecule has 1 fully saturated rings. The van der Waals surface area contributed by atoms with E-state index in [1.807, 2.05) is 0 Å². The maximum Gasteiger partial charge on any atom is 0.264 e. The van der Waals surface area contributed by atoms with E-state index in [1.54, 1.807) is 0 Å². The molecule has 0 saturated heterocycles. The van der Waals surface area contributed by atoms with Gasteiger partial charge in [0.15, 0.2) is 5.82 Å². The lowest BCUT2D eigenvalue weighted by Crippen LogP contribution is -2.40. The largest absolute Gasteiger partial charge is 0.330 e. The van der Waals surface area contributed by atoms with E-state index in [4.69, 9.17) is 5.73 Å². The first-order chi connectivity index (χ1) is 8.13. The van der Waals surface area contributed by atoms with E-state index in [9.17, 15) is 9.59 Å². The summed E-state index contributed by atoms with van der Waals surface area (Å²) in [5, 5.41) is 8.63. The van der Waals surface area contributed by atoms with Crippen LogP contribution in [0.5, 0.6) is 0 Å². The van der Waals surface area contributed by atoms with Crippen LogP contribution in [-0.4, -0.2) is 22.6 Å². The molecule has 0 atom stereocenters. The molecule has 1 amide bonds. The van der Waals surface area contributed by atoms with E-state index in [0.29, 0.717) is 18.8 Å². The third-order valence-electron chi connectivity index (χ3n) is 3.33. The normalized spacial score (nSPS) is 17.2. The zero-order valence-electron chi connectivity index (χ0n) is 9.53. The van der Waals surface area contributed by atoms with Crippen LogP contribution in [0.2, 0.25) is 0 Å². The van der Waals surface area contributed by atoms with Crippen LogP contribution in [0.4, 0.5) is 5.82 Å². The van der Waals surface area contributed by atoms with Gasteiger partial charge in [-0.3, -0.25) is 9.59 Å². The number of rotatable bonds is 4. The molecule has 1 aliphatic rings. The molecule has 0 spiro atoms. The second kappa shape index (κ2) is 4.67. The quantitative estimate of drug-likeness (QED) is 0.696. The van der Waals surface area contributed by atoms with Gasteiger partial charge in [-0.2, -0.15) is 5.10 Å². The molecule has 2 rings (SSSR count). The van der Waals surface area contributed by atoms with Crippen LogP contribution in [0.1, 0.15) is 25.7 Å². The highest BCUT2D eigenvalue weighted by Crippen LogP contribution is 2.42. The Kier molecular flexibility index (Phi) is 3.23. The summed E-state index contributed by atoms with van der Waals surface area (Å²) >= 11 is 0. The maximum absolute atomic E-state index is 11.8. The first-order valence-corrected chi connectivity index (χ1v) is 5.69. The molecule has 0 unspecified atom stereocenters. The highest BCUT2D eigenvalue weighted by molar-refractivity contribution is 5.90. The van der Waals surface area contributed by atoms with Gasteiger partial charge in [0.2, 0.25) is 5.91 Å². The van der Waals surface area contributed by atoms with Crippen molar-refractivity contribution in [1.82, 2.24) is 10.2 Å². The van der Waals surface area contributed by atoms with Gasteiger partial charge in [-0.05, 0) is 30.9 Å². The number of nitrogens with zero attached hydrogens (tertiary/aromatic N) is 1. The Morgan fingerprint density at radius 3 is 2.76 bits per heavy atom. The van der Waals surface area contributed by atoms with Crippen LogP contribution >= 0.6 is 0 Å². The summed E-state index contributed by atoms with van der Waals surface area (Å²) in [6, 6.07) is 2.80. The van der Waals surface area contributed by atoms with Gasteiger partial charge >= 0.3 is 0 Å². The molecule has 1 aliphatic carbocycles. The van der Waals surface area contributed by atoms with Gasteiger partial charge in [-0.15, -0.1) is 0 Å². The number of H-pyrrole nitrogens is 1. The van der Waals surface area contributed by atoms with E-state index in [-0.39, 0.29) is 16.9 Å². The predicted octanol–water partition coefficient (Wildman–Crippen LogP) is 0.227. The number of anilines is 1. The second-order valence-corrected chi connectivity index (χ2v) is 4.59. The predicted molar refractivity (Wildman–Crippen MR) is 63.4 cm³/mol. The summed E-state index contributed by atoms with van der Waals surface area (Å²) in [4.78, 5) is 22.6. The molecule has 92 valence electrons. The smallest absolute Gasteiger partial charge is 0.264 e. The highest BCUT2D eigenvalue weighted by atomic mass is 16.2. The Hall–Kier alpha value is -1.69. The fourth-order valence-corrected chi connectivity index (χ4v) is 2.07. The Morgan fingerprint density at radius 2 is 2.29 bits per heavy atom. The number of carbonyl (C=O) groups excluding carboxylic acids is 1. The summed E-state index contributed by atoms with van der Waals surface area (Å²) < 4.78 is 0. The van der Waals surface area contributed by atoms with Crippen molar-refractivity contribution in [3.8, 4) is 0 Å². The van der Waals surface area contributed by atoms with Crippen LogP contribution in [-0.2, 0) is 4.79 Å². The first-order valence-electron chi connectivity index (χ1n) is 5.69. The number of aromatic amines is 1. The summed E-state index contributed by atoms with van der Waals surface area (Å²) in [5.74, 6) is 0.260. The molecular formula is C11H16N4O2. The van der Waals surface area contributed by atoms with Crippen molar-refractivity contribution in [1.29, 1.82) is 0 Å². The summed E-state index contributed by atoms with van der Waals surface area (Å²) in [7, 11) is 0. The molecule has 0 radical (unpaired) electrons. The monoisotopic (exact) mass is 236 g/mol. The summed E-state index contributed by atoms with van der Waals surface area (Å²) in [6.45, 7) is 0.541. The number of amides is 1. The van der Waals surface area contributed by atoms with E-state index >= 15 is 0 Å². The van der Waals surface area contributed by atoms with E-state index < -0.39 is 0 Å². The highest BCUT2D eigenvalue weighted by Gasteiger charge is 2.37. The lowest BCUT2D eigenvalue weighted by Gasteiger charge is -2.40. The molecule has 1 aromatic heterocycles. The number of hydrogen-bond donors (Lipinski definition) is 3. The van der Waals surface area contributed by atoms with Crippen molar-refractivity contribution < 1.29 is 4.79 Å². The van der Waals surface area contributed by atoms with Crippen molar-refractivity contribution in [3.63, 3.8) is 0 Å². The van der Waals surface area contributed by atoms with E-state index in [1.165, 1.54) is 12.1 Å². The van der Waals surface area contributed by atoms with Crippen molar-refractivity contribution in [2.75, 3.05) is 11.9 Å². The molecule has 0 bridgehead atoms. The summed E-state index contributed by atoms with van der Waals surface area (Å²) in [5.41, 5.74) is 5.37. The standard InChI is InChI=1S/C11H16N4O2/c12-7-11(4-1-5-11)6-10(17)13-8-2-3-9(16)15-14-8/h2-3H,1,4-7,12H2,(H,15,16)(H,13,14,17). The Morgan fingerprint density at radius 1 is 1.53 bits per heavy atom. The molecule has 0 aliphatic heterocycles.